The molecule has 0 radical (unpaired) electrons. The molecule has 2 aromatic carbocycles. The number of carboxylic acids is 1. The summed E-state index contributed by atoms with van der Waals surface area (Å²) >= 11 is 0. The minimum atomic E-state index is -0.892. The highest BCUT2D eigenvalue weighted by Crippen LogP contribution is 2.39. The smallest absolute Gasteiger partial charge is 0.303 e. The Kier molecular flexibility index (Phi) is 5.13. The van der Waals surface area contributed by atoms with Crippen LogP contribution < -0.4 is 0 Å². The first-order chi connectivity index (χ1) is 13.5. The van der Waals surface area contributed by atoms with Crippen LogP contribution in [0.3, 0.4) is 0 Å². The summed E-state index contributed by atoms with van der Waals surface area (Å²) in [7, 11) is 0. The standard InChI is InChI=1S/C22H21F2NO3/c23-15-1-4-17(5-2-15)25-20-7-3-16(24)13-19(20)18(6-8-21(26)27)22(25)14-9-11-28-12-10-14/h1-5,7,13-14H,6,8-12H2,(H,26,27). The average molecular weight is 385 g/mol. The fourth-order valence-electron chi connectivity index (χ4n) is 4.11. The molecule has 0 bridgehead atoms. The largest absolute Gasteiger partial charge is 0.481 e. The van der Waals surface area contributed by atoms with Crippen LogP contribution in [0.4, 0.5) is 8.78 Å². The highest BCUT2D eigenvalue weighted by atomic mass is 19.1. The number of nitrogens with zero attached hydrogens (tertiary/aromatic N) is 1. The fourth-order valence-corrected chi connectivity index (χ4v) is 4.11. The van der Waals surface area contributed by atoms with Crippen LogP contribution in [0, 0.1) is 11.6 Å². The molecule has 0 amide bonds. The van der Waals surface area contributed by atoms with Crippen LogP contribution >= 0.6 is 0 Å². The molecule has 0 spiro atoms. The van der Waals surface area contributed by atoms with Crippen molar-refractivity contribution < 1.29 is 23.4 Å². The highest BCUT2D eigenvalue weighted by Gasteiger charge is 2.27. The van der Waals surface area contributed by atoms with Crippen LogP contribution in [0.1, 0.15) is 36.4 Å². The molecule has 2 heterocycles. The van der Waals surface area contributed by atoms with Crippen molar-refractivity contribution >= 4 is 16.9 Å². The van der Waals surface area contributed by atoms with Crippen molar-refractivity contribution in [3.05, 3.63) is 65.4 Å². The topological polar surface area (TPSA) is 51.5 Å². The van der Waals surface area contributed by atoms with Crippen LogP contribution in [0.5, 0.6) is 0 Å². The molecule has 4 rings (SSSR count). The number of benzene rings is 2. The summed E-state index contributed by atoms with van der Waals surface area (Å²) in [6.45, 7) is 1.25. The molecule has 1 N–H and O–H groups in total. The van der Waals surface area contributed by atoms with Gasteiger partial charge in [0.15, 0.2) is 0 Å². The van der Waals surface area contributed by atoms with E-state index in [1.165, 1.54) is 24.3 Å². The Hall–Kier alpha value is -2.73. The number of aromatic nitrogens is 1. The van der Waals surface area contributed by atoms with Crippen LogP contribution in [-0.2, 0) is 16.0 Å². The van der Waals surface area contributed by atoms with Crippen LogP contribution in [0.25, 0.3) is 16.6 Å². The van der Waals surface area contributed by atoms with Crippen molar-refractivity contribution in [2.75, 3.05) is 13.2 Å². The molecular formula is C22H21F2NO3. The lowest BCUT2D eigenvalue weighted by Gasteiger charge is -2.25. The highest BCUT2D eigenvalue weighted by molar-refractivity contribution is 5.88. The van der Waals surface area contributed by atoms with Gasteiger partial charge >= 0.3 is 5.97 Å². The lowest BCUT2D eigenvalue weighted by atomic mass is 9.91. The number of fused-ring (bicyclic) bond motifs is 1. The van der Waals surface area contributed by atoms with Crippen LogP contribution in [0.15, 0.2) is 42.5 Å². The molecule has 0 aliphatic carbocycles. The van der Waals surface area contributed by atoms with Gasteiger partial charge in [0.1, 0.15) is 11.6 Å². The van der Waals surface area contributed by atoms with E-state index in [-0.39, 0.29) is 24.0 Å². The average Bonchev–Trinajstić information content (AvgIpc) is 3.01. The third-order valence-electron chi connectivity index (χ3n) is 5.36. The maximum Gasteiger partial charge on any atom is 0.303 e. The Morgan fingerprint density at radius 2 is 1.75 bits per heavy atom. The molecule has 0 atom stereocenters. The number of aryl methyl sites for hydroxylation is 1. The van der Waals surface area contributed by atoms with E-state index in [1.54, 1.807) is 18.2 Å². The zero-order valence-electron chi connectivity index (χ0n) is 15.3. The van der Waals surface area contributed by atoms with Gasteiger partial charge in [0.25, 0.3) is 0 Å². The van der Waals surface area contributed by atoms with E-state index >= 15 is 0 Å². The van der Waals surface area contributed by atoms with E-state index in [9.17, 15) is 18.7 Å². The van der Waals surface area contributed by atoms with Gasteiger partial charge in [-0.05, 0) is 67.3 Å². The molecule has 6 heteroatoms. The number of rotatable bonds is 5. The molecule has 1 aliphatic heterocycles. The Bertz CT molecular complexity index is 1000. The van der Waals surface area contributed by atoms with E-state index in [0.717, 1.165) is 35.3 Å². The summed E-state index contributed by atoms with van der Waals surface area (Å²) in [6, 6.07) is 10.8. The van der Waals surface area contributed by atoms with Crippen LogP contribution in [-0.4, -0.2) is 28.9 Å². The molecule has 0 saturated carbocycles. The number of hydrogen-bond acceptors (Lipinski definition) is 2. The zero-order chi connectivity index (χ0) is 19.7. The van der Waals surface area contributed by atoms with Crippen molar-refractivity contribution in [3.8, 4) is 5.69 Å². The number of halogens is 2. The molecule has 0 unspecified atom stereocenters. The Balaban J connectivity index is 1.98. The van der Waals surface area contributed by atoms with Gasteiger partial charge in [-0.25, -0.2) is 8.78 Å². The van der Waals surface area contributed by atoms with Gasteiger partial charge < -0.3 is 14.4 Å². The van der Waals surface area contributed by atoms with Crippen molar-refractivity contribution in [3.63, 3.8) is 0 Å². The normalized spacial score (nSPS) is 15.2. The van der Waals surface area contributed by atoms with E-state index in [4.69, 9.17) is 4.74 Å². The summed E-state index contributed by atoms with van der Waals surface area (Å²) < 4.78 is 35.1. The second-order valence-corrected chi connectivity index (χ2v) is 7.12. The number of hydrogen-bond donors (Lipinski definition) is 1. The third kappa shape index (κ3) is 3.52. The van der Waals surface area contributed by atoms with Gasteiger partial charge in [-0.3, -0.25) is 4.79 Å². The monoisotopic (exact) mass is 385 g/mol. The number of carbonyl (C=O) groups is 1. The first-order valence-electron chi connectivity index (χ1n) is 9.43. The molecule has 28 heavy (non-hydrogen) atoms. The Morgan fingerprint density at radius 1 is 1.07 bits per heavy atom. The first-order valence-corrected chi connectivity index (χ1v) is 9.43. The summed E-state index contributed by atoms with van der Waals surface area (Å²) in [5.41, 5.74) is 3.42. The predicted octanol–water partition coefficient (Wildman–Crippen LogP) is 4.82. The molecule has 3 aromatic rings. The lowest BCUT2D eigenvalue weighted by molar-refractivity contribution is -0.136. The Labute approximate surface area is 161 Å². The van der Waals surface area contributed by atoms with E-state index in [0.29, 0.717) is 25.0 Å². The number of carboxylic acid groups (broad SMARTS) is 1. The quantitative estimate of drug-likeness (QED) is 0.685. The first kappa shape index (κ1) is 18.6. The van der Waals surface area contributed by atoms with E-state index in [2.05, 4.69) is 0 Å². The second kappa shape index (κ2) is 7.72. The summed E-state index contributed by atoms with van der Waals surface area (Å²) in [5.74, 6) is -1.42. The summed E-state index contributed by atoms with van der Waals surface area (Å²) in [4.78, 5) is 11.2. The molecule has 4 nitrogen and oxygen atoms in total. The molecular weight excluding hydrogens is 364 g/mol. The van der Waals surface area contributed by atoms with E-state index < -0.39 is 5.97 Å². The molecule has 1 fully saturated rings. The summed E-state index contributed by atoms with van der Waals surface area (Å²) in [6.07, 6.45) is 1.89. The number of aliphatic carboxylic acids is 1. The number of ether oxygens (including phenoxy) is 1. The second-order valence-electron chi connectivity index (χ2n) is 7.12. The fraction of sp³-hybridized carbons (Fsp3) is 0.318. The third-order valence-corrected chi connectivity index (χ3v) is 5.36. The molecule has 1 saturated heterocycles. The lowest BCUT2D eigenvalue weighted by Crippen LogP contribution is -2.18. The van der Waals surface area contributed by atoms with Gasteiger partial charge in [-0.2, -0.15) is 0 Å². The van der Waals surface area contributed by atoms with Gasteiger partial charge in [-0.15, -0.1) is 0 Å². The van der Waals surface area contributed by atoms with Crippen molar-refractivity contribution in [2.24, 2.45) is 0 Å². The zero-order valence-corrected chi connectivity index (χ0v) is 15.3. The molecule has 1 aromatic heterocycles. The van der Waals surface area contributed by atoms with Crippen molar-refractivity contribution in [2.45, 2.75) is 31.6 Å². The predicted molar refractivity (Wildman–Crippen MR) is 102 cm³/mol. The van der Waals surface area contributed by atoms with Gasteiger partial charge in [0.2, 0.25) is 0 Å². The molecule has 146 valence electrons. The van der Waals surface area contributed by atoms with Gasteiger partial charge in [-0.1, -0.05) is 0 Å². The van der Waals surface area contributed by atoms with Crippen LogP contribution in [0.2, 0.25) is 0 Å². The van der Waals surface area contributed by atoms with Crippen molar-refractivity contribution in [1.82, 2.24) is 4.57 Å². The van der Waals surface area contributed by atoms with Gasteiger partial charge in [0.05, 0.1) is 5.52 Å². The minimum absolute atomic E-state index is 0.0325. The van der Waals surface area contributed by atoms with Gasteiger partial charge in [0, 0.05) is 42.3 Å². The SMILES string of the molecule is O=C(O)CCc1c(C2CCOCC2)n(-c2ccc(F)cc2)c2ccc(F)cc12. The summed E-state index contributed by atoms with van der Waals surface area (Å²) in [5, 5.41) is 9.93. The maximum atomic E-state index is 14.1. The molecule has 1 aliphatic rings. The minimum Gasteiger partial charge on any atom is -0.481 e. The van der Waals surface area contributed by atoms with Crippen molar-refractivity contribution in [1.29, 1.82) is 0 Å². The Morgan fingerprint density at radius 3 is 2.43 bits per heavy atom. The van der Waals surface area contributed by atoms with E-state index in [1.807, 2.05) is 4.57 Å². The maximum absolute atomic E-state index is 14.1.